The molecule has 0 radical (unpaired) electrons. The second-order valence-corrected chi connectivity index (χ2v) is 7.04. The molecular formula is C19H31N3O. The number of piperidine rings is 1. The molecule has 4 heteroatoms. The van der Waals surface area contributed by atoms with Crippen LogP contribution in [0.5, 0.6) is 0 Å². The second kappa shape index (κ2) is 8.25. The number of piperazine rings is 1. The third-order valence-corrected chi connectivity index (χ3v) is 5.55. The van der Waals surface area contributed by atoms with Gasteiger partial charge in [0.05, 0.1) is 6.61 Å². The number of β-amino-alcohol motifs (C(OH)–C–C–N with tert-alkyl or cyclic N) is 1. The number of nitrogens with zero attached hydrogens (tertiary/aromatic N) is 3. The van der Waals surface area contributed by atoms with E-state index in [0.717, 1.165) is 32.2 Å². The van der Waals surface area contributed by atoms with E-state index >= 15 is 0 Å². The van der Waals surface area contributed by atoms with Crippen molar-refractivity contribution in [2.24, 2.45) is 0 Å². The molecule has 0 aromatic heterocycles. The van der Waals surface area contributed by atoms with Crippen molar-refractivity contribution in [3.05, 3.63) is 35.4 Å². The van der Waals surface area contributed by atoms with E-state index in [-0.39, 0.29) is 6.61 Å². The Hall–Kier alpha value is -0.940. The lowest BCUT2D eigenvalue weighted by molar-refractivity contribution is 0.0516. The molecule has 4 nitrogen and oxygen atoms in total. The molecule has 0 bridgehead atoms. The van der Waals surface area contributed by atoms with E-state index in [2.05, 4.69) is 45.9 Å². The second-order valence-electron chi connectivity index (χ2n) is 7.04. The third-order valence-electron chi connectivity index (χ3n) is 5.55. The predicted molar refractivity (Wildman–Crippen MR) is 94.6 cm³/mol. The van der Waals surface area contributed by atoms with Gasteiger partial charge < -0.3 is 5.11 Å². The van der Waals surface area contributed by atoms with E-state index in [4.69, 9.17) is 5.11 Å². The molecule has 2 aliphatic rings. The van der Waals surface area contributed by atoms with Crippen LogP contribution in [0.3, 0.4) is 0 Å². The lowest BCUT2D eigenvalue weighted by atomic mass is 10.0. The summed E-state index contributed by atoms with van der Waals surface area (Å²) in [6.07, 6.45) is 2.60. The minimum atomic E-state index is 0.289. The maximum Gasteiger partial charge on any atom is 0.0558 e. The first kappa shape index (κ1) is 16.9. The van der Waals surface area contributed by atoms with Crippen molar-refractivity contribution in [3.63, 3.8) is 0 Å². The number of rotatable bonds is 5. The van der Waals surface area contributed by atoms with E-state index in [0.29, 0.717) is 0 Å². The Balaban J connectivity index is 1.43. The van der Waals surface area contributed by atoms with Gasteiger partial charge in [0.1, 0.15) is 0 Å². The smallest absolute Gasteiger partial charge is 0.0558 e. The molecule has 2 aliphatic heterocycles. The lowest BCUT2D eigenvalue weighted by Crippen LogP contribution is -2.53. The average Bonchev–Trinajstić information content (AvgIpc) is 2.59. The van der Waals surface area contributed by atoms with E-state index in [1.54, 1.807) is 0 Å². The summed E-state index contributed by atoms with van der Waals surface area (Å²) in [7, 11) is 0. The minimum absolute atomic E-state index is 0.289. The zero-order valence-corrected chi connectivity index (χ0v) is 14.5. The number of aliphatic hydroxyl groups is 1. The van der Waals surface area contributed by atoms with Crippen LogP contribution in [0, 0.1) is 6.92 Å². The molecule has 23 heavy (non-hydrogen) atoms. The van der Waals surface area contributed by atoms with Gasteiger partial charge in [-0.15, -0.1) is 0 Å². The molecule has 1 aromatic carbocycles. The highest BCUT2D eigenvalue weighted by atomic mass is 16.3. The van der Waals surface area contributed by atoms with Crippen molar-refractivity contribution in [1.29, 1.82) is 0 Å². The number of aryl methyl sites for hydroxylation is 1. The maximum absolute atomic E-state index is 9.04. The Bertz CT molecular complexity index is 477. The van der Waals surface area contributed by atoms with Crippen LogP contribution >= 0.6 is 0 Å². The SMILES string of the molecule is Cc1ccccc1CN1CCC(N2CCN(CCO)CC2)CC1. The van der Waals surface area contributed by atoms with Gasteiger partial charge in [-0.05, 0) is 44.0 Å². The monoisotopic (exact) mass is 317 g/mol. The van der Waals surface area contributed by atoms with Crippen LogP contribution in [-0.4, -0.2) is 78.3 Å². The number of aliphatic hydroxyl groups excluding tert-OH is 1. The summed E-state index contributed by atoms with van der Waals surface area (Å²) < 4.78 is 0. The first-order valence-corrected chi connectivity index (χ1v) is 9.10. The summed E-state index contributed by atoms with van der Waals surface area (Å²) >= 11 is 0. The van der Waals surface area contributed by atoms with E-state index < -0.39 is 0 Å². The zero-order chi connectivity index (χ0) is 16.1. The molecule has 0 aliphatic carbocycles. The minimum Gasteiger partial charge on any atom is -0.395 e. The summed E-state index contributed by atoms with van der Waals surface area (Å²) in [6, 6.07) is 9.53. The molecule has 0 saturated carbocycles. The van der Waals surface area contributed by atoms with Gasteiger partial charge >= 0.3 is 0 Å². The van der Waals surface area contributed by atoms with Crippen LogP contribution in [0.25, 0.3) is 0 Å². The summed E-state index contributed by atoms with van der Waals surface area (Å²) in [6.45, 7) is 11.4. The van der Waals surface area contributed by atoms with Crippen molar-refractivity contribution in [3.8, 4) is 0 Å². The van der Waals surface area contributed by atoms with Gasteiger partial charge in [-0.3, -0.25) is 14.7 Å². The fraction of sp³-hybridized carbons (Fsp3) is 0.684. The van der Waals surface area contributed by atoms with Crippen molar-refractivity contribution in [2.45, 2.75) is 32.4 Å². The molecule has 3 rings (SSSR count). The number of hydrogen-bond acceptors (Lipinski definition) is 4. The summed E-state index contributed by atoms with van der Waals surface area (Å²) in [5.41, 5.74) is 2.89. The van der Waals surface area contributed by atoms with Crippen LogP contribution in [-0.2, 0) is 6.54 Å². The predicted octanol–water partition coefficient (Wildman–Crippen LogP) is 1.57. The molecule has 0 spiro atoms. The van der Waals surface area contributed by atoms with E-state index in [1.165, 1.54) is 50.1 Å². The van der Waals surface area contributed by atoms with Crippen LogP contribution in [0.2, 0.25) is 0 Å². The fourth-order valence-electron chi connectivity index (χ4n) is 3.96. The van der Waals surface area contributed by atoms with Gasteiger partial charge in [-0.25, -0.2) is 0 Å². The molecule has 1 aromatic rings. The summed E-state index contributed by atoms with van der Waals surface area (Å²) in [5.74, 6) is 0. The van der Waals surface area contributed by atoms with Crippen molar-refractivity contribution in [1.82, 2.24) is 14.7 Å². The van der Waals surface area contributed by atoms with Gasteiger partial charge in [-0.2, -0.15) is 0 Å². The van der Waals surface area contributed by atoms with Gasteiger partial charge in [0, 0.05) is 45.3 Å². The van der Waals surface area contributed by atoms with Gasteiger partial charge in [-0.1, -0.05) is 24.3 Å². The first-order valence-electron chi connectivity index (χ1n) is 9.10. The van der Waals surface area contributed by atoms with Crippen LogP contribution in [0.4, 0.5) is 0 Å². The Kier molecular flexibility index (Phi) is 6.06. The molecule has 0 atom stereocenters. The Labute approximate surface area is 140 Å². The Morgan fingerprint density at radius 1 is 0.957 bits per heavy atom. The number of benzene rings is 1. The van der Waals surface area contributed by atoms with Gasteiger partial charge in [0.15, 0.2) is 0 Å². The molecule has 2 fully saturated rings. The van der Waals surface area contributed by atoms with Crippen LogP contribution in [0.1, 0.15) is 24.0 Å². The molecule has 2 heterocycles. The fourth-order valence-corrected chi connectivity index (χ4v) is 3.96. The summed E-state index contributed by atoms with van der Waals surface area (Å²) in [4.78, 5) is 7.67. The highest BCUT2D eigenvalue weighted by Crippen LogP contribution is 2.20. The average molecular weight is 317 g/mol. The molecular weight excluding hydrogens is 286 g/mol. The topological polar surface area (TPSA) is 30.0 Å². The standard InChI is InChI=1S/C19H31N3O/c1-17-4-2-3-5-18(17)16-21-8-6-19(7-9-21)22-12-10-20(11-13-22)14-15-23/h2-5,19,23H,6-16H2,1H3. The number of likely N-dealkylation sites (tertiary alicyclic amines) is 1. The van der Waals surface area contributed by atoms with E-state index in [1.807, 2.05) is 0 Å². The number of hydrogen-bond donors (Lipinski definition) is 1. The van der Waals surface area contributed by atoms with E-state index in [9.17, 15) is 0 Å². The maximum atomic E-state index is 9.04. The van der Waals surface area contributed by atoms with Crippen LogP contribution < -0.4 is 0 Å². The van der Waals surface area contributed by atoms with Crippen molar-refractivity contribution >= 4 is 0 Å². The molecule has 128 valence electrons. The Morgan fingerprint density at radius 2 is 1.65 bits per heavy atom. The summed E-state index contributed by atoms with van der Waals surface area (Å²) in [5, 5.41) is 9.04. The molecule has 0 amide bonds. The molecule has 0 unspecified atom stereocenters. The lowest BCUT2D eigenvalue weighted by Gasteiger charge is -2.42. The van der Waals surface area contributed by atoms with Crippen LogP contribution in [0.15, 0.2) is 24.3 Å². The Morgan fingerprint density at radius 3 is 2.30 bits per heavy atom. The molecule has 2 saturated heterocycles. The van der Waals surface area contributed by atoms with Crippen molar-refractivity contribution < 1.29 is 5.11 Å². The third kappa shape index (κ3) is 4.54. The quantitative estimate of drug-likeness (QED) is 0.893. The molecule has 1 N–H and O–H groups in total. The highest BCUT2D eigenvalue weighted by molar-refractivity contribution is 5.25. The highest BCUT2D eigenvalue weighted by Gasteiger charge is 2.27. The first-order chi connectivity index (χ1) is 11.3. The van der Waals surface area contributed by atoms with Gasteiger partial charge in [0.25, 0.3) is 0 Å². The van der Waals surface area contributed by atoms with Crippen molar-refractivity contribution in [2.75, 3.05) is 52.4 Å². The normalized spacial score (nSPS) is 22.5. The zero-order valence-electron chi connectivity index (χ0n) is 14.5. The van der Waals surface area contributed by atoms with Gasteiger partial charge in [0.2, 0.25) is 0 Å². The largest absolute Gasteiger partial charge is 0.395 e.